The second-order valence-corrected chi connectivity index (χ2v) is 6.67. The second-order valence-electron chi connectivity index (χ2n) is 5.83. The maximum atomic E-state index is 12.7. The first-order valence-electron chi connectivity index (χ1n) is 8.02. The van der Waals surface area contributed by atoms with E-state index in [0.29, 0.717) is 22.3 Å². The third kappa shape index (κ3) is 4.18. The molecule has 1 aliphatic heterocycles. The third-order valence-electron chi connectivity index (χ3n) is 3.97. The molecule has 1 aromatic rings. The molecule has 0 bridgehead atoms. The predicted molar refractivity (Wildman–Crippen MR) is 94.1 cm³/mol. The number of rotatable bonds is 6. The molecular weight excluding hydrogens is 335 g/mol. The van der Waals surface area contributed by atoms with E-state index in [2.05, 4.69) is 13.8 Å². The van der Waals surface area contributed by atoms with Crippen LogP contribution in [0.3, 0.4) is 0 Å². The van der Waals surface area contributed by atoms with Crippen LogP contribution in [0.25, 0.3) is 0 Å². The average Bonchev–Trinajstić information content (AvgIpc) is 2.88. The maximum Gasteiger partial charge on any atom is 0.228 e. The van der Waals surface area contributed by atoms with Crippen LogP contribution >= 0.6 is 23.2 Å². The number of carbonyl (C=O) groups is 2. The quantitative estimate of drug-likeness (QED) is 0.772. The SMILES string of the molecule is CCCN(CCC)C(=O)C1CC(=O)N(c2ccc(Cl)cc2Cl)C1. The van der Waals surface area contributed by atoms with Gasteiger partial charge in [0.25, 0.3) is 0 Å². The Hall–Kier alpha value is -1.26. The lowest BCUT2D eigenvalue weighted by molar-refractivity contribution is -0.135. The largest absolute Gasteiger partial charge is 0.342 e. The lowest BCUT2D eigenvalue weighted by Gasteiger charge is -2.25. The molecule has 1 saturated heterocycles. The lowest BCUT2D eigenvalue weighted by Crippen LogP contribution is -2.38. The van der Waals surface area contributed by atoms with Gasteiger partial charge in [-0.25, -0.2) is 0 Å². The number of benzene rings is 1. The molecule has 0 aromatic heterocycles. The molecule has 4 nitrogen and oxygen atoms in total. The van der Waals surface area contributed by atoms with E-state index in [1.807, 2.05) is 4.90 Å². The molecule has 2 amide bonds. The fourth-order valence-electron chi connectivity index (χ4n) is 2.94. The van der Waals surface area contributed by atoms with E-state index >= 15 is 0 Å². The van der Waals surface area contributed by atoms with Crippen LogP contribution in [0.15, 0.2) is 18.2 Å². The molecule has 1 aliphatic rings. The number of amides is 2. The minimum atomic E-state index is -0.299. The first-order valence-corrected chi connectivity index (χ1v) is 8.77. The van der Waals surface area contributed by atoms with Crippen LogP contribution in [0.1, 0.15) is 33.1 Å². The molecule has 0 aliphatic carbocycles. The van der Waals surface area contributed by atoms with Crippen LogP contribution in [0, 0.1) is 5.92 Å². The molecule has 1 heterocycles. The molecule has 0 N–H and O–H groups in total. The monoisotopic (exact) mass is 356 g/mol. The molecule has 2 rings (SSSR count). The average molecular weight is 357 g/mol. The van der Waals surface area contributed by atoms with Crippen molar-refractivity contribution >= 4 is 40.7 Å². The van der Waals surface area contributed by atoms with Crippen molar-refractivity contribution in [3.63, 3.8) is 0 Å². The number of carbonyl (C=O) groups excluding carboxylic acids is 2. The van der Waals surface area contributed by atoms with Crippen molar-refractivity contribution in [1.29, 1.82) is 0 Å². The molecule has 126 valence electrons. The summed E-state index contributed by atoms with van der Waals surface area (Å²) in [5.41, 5.74) is 0.619. The van der Waals surface area contributed by atoms with Crippen LogP contribution in [0.4, 0.5) is 5.69 Å². The summed E-state index contributed by atoms with van der Waals surface area (Å²) in [7, 11) is 0. The van der Waals surface area contributed by atoms with Crippen LogP contribution in [-0.2, 0) is 9.59 Å². The van der Waals surface area contributed by atoms with Gasteiger partial charge < -0.3 is 9.80 Å². The highest BCUT2D eigenvalue weighted by Gasteiger charge is 2.37. The minimum absolute atomic E-state index is 0.0645. The molecule has 1 unspecified atom stereocenters. The Bertz CT molecular complexity index is 586. The fraction of sp³-hybridized carbons (Fsp3) is 0.529. The smallest absolute Gasteiger partial charge is 0.228 e. The summed E-state index contributed by atoms with van der Waals surface area (Å²) in [6.45, 7) is 5.95. The highest BCUT2D eigenvalue weighted by atomic mass is 35.5. The number of hydrogen-bond donors (Lipinski definition) is 0. The Balaban J connectivity index is 2.14. The van der Waals surface area contributed by atoms with E-state index < -0.39 is 0 Å². The minimum Gasteiger partial charge on any atom is -0.342 e. The van der Waals surface area contributed by atoms with Crippen molar-refractivity contribution in [2.45, 2.75) is 33.1 Å². The summed E-state index contributed by atoms with van der Waals surface area (Å²) >= 11 is 12.1. The molecule has 6 heteroatoms. The Morgan fingerprint density at radius 1 is 1.26 bits per heavy atom. The van der Waals surface area contributed by atoms with Gasteiger partial charge in [0.2, 0.25) is 11.8 Å². The summed E-state index contributed by atoms with van der Waals surface area (Å²) < 4.78 is 0. The van der Waals surface area contributed by atoms with Gasteiger partial charge in [-0.15, -0.1) is 0 Å². The molecule has 23 heavy (non-hydrogen) atoms. The van der Waals surface area contributed by atoms with E-state index in [0.717, 1.165) is 25.9 Å². The van der Waals surface area contributed by atoms with Crippen LogP contribution in [-0.4, -0.2) is 36.3 Å². The van der Waals surface area contributed by atoms with Gasteiger partial charge in [-0.1, -0.05) is 37.0 Å². The van der Waals surface area contributed by atoms with E-state index in [1.54, 1.807) is 23.1 Å². The fourth-order valence-corrected chi connectivity index (χ4v) is 3.45. The molecule has 1 atom stereocenters. The standard InChI is InChI=1S/C17H22Cl2N2O2/c1-3-7-20(8-4-2)17(23)12-9-16(22)21(11-12)15-6-5-13(18)10-14(15)19/h5-6,10,12H,3-4,7-9,11H2,1-2H3. The summed E-state index contributed by atoms with van der Waals surface area (Å²) in [6.07, 6.45) is 2.07. The molecule has 0 radical (unpaired) electrons. The first kappa shape index (κ1) is 18.1. The third-order valence-corrected chi connectivity index (χ3v) is 4.51. The zero-order valence-corrected chi connectivity index (χ0v) is 15.0. The maximum absolute atomic E-state index is 12.7. The number of anilines is 1. The van der Waals surface area contributed by atoms with Gasteiger partial charge >= 0.3 is 0 Å². The van der Waals surface area contributed by atoms with E-state index in [-0.39, 0.29) is 24.2 Å². The highest BCUT2D eigenvalue weighted by Crippen LogP contribution is 2.33. The second kappa shape index (κ2) is 8.02. The predicted octanol–water partition coefficient (Wildman–Crippen LogP) is 3.99. The molecule has 1 aromatic carbocycles. The van der Waals surface area contributed by atoms with Crippen molar-refractivity contribution in [3.8, 4) is 0 Å². The molecular formula is C17H22Cl2N2O2. The van der Waals surface area contributed by atoms with Gasteiger partial charge in [0, 0.05) is 31.1 Å². The molecule has 0 saturated carbocycles. The summed E-state index contributed by atoms with van der Waals surface area (Å²) in [5.74, 6) is -0.303. The highest BCUT2D eigenvalue weighted by molar-refractivity contribution is 6.36. The summed E-state index contributed by atoms with van der Waals surface area (Å²) in [6, 6.07) is 5.04. The van der Waals surface area contributed by atoms with Gasteiger partial charge in [0.15, 0.2) is 0 Å². The zero-order valence-electron chi connectivity index (χ0n) is 13.5. The van der Waals surface area contributed by atoms with Gasteiger partial charge in [-0.3, -0.25) is 9.59 Å². The Kier molecular flexibility index (Phi) is 6.31. The van der Waals surface area contributed by atoms with E-state index in [1.165, 1.54) is 0 Å². The van der Waals surface area contributed by atoms with Gasteiger partial charge in [0.05, 0.1) is 16.6 Å². The van der Waals surface area contributed by atoms with Crippen LogP contribution < -0.4 is 4.90 Å². The van der Waals surface area contributed by atoms with Crippen molar-refractivity contribution in [2.24, 2.45) is 5.92 Å². The topological polar surface area (TPSA) is 40.6 Å². The Labute approximate surface area is 147 Å². The van der Waals surface area contributed by atoms with Crippen molar-refractivity contribution in [1.82, 2.24) is 4.90 Å². The van der Waals surface area contributed by atoms with Crippen molar-refractivity contribution < 1.29 is 9.59 Å². The van der Waals surface area contributed by atoms with E-state index in [4.69, 9.17) is 23.2 Å². The normalized spacial score (nSPS) is 17.7. The number of nitrogens with zero attached hydrogens (tertiary/aromatic N) is 2. The molecule has 1 fully saturated rings. The van der Waals surface area contributed by atoms with Crippen LogP contribution in [0.2, 0.25) is 10.0 Å². The van der Waals surface area contributed by atoms with Crippen molar-refractivity contribution in [2.75, 3.05) is 24.5 Å². The Morgan fingerprint density at radius 3 is 2.48 bits per heavy atom. The van der Waals surface area contributed by atoms with Gasteiger partial charge in [0.1, 0.15) is 0 Å². The number of hydrogen-bond acceptors (Lipinski definition) is 2. The van der Waals surface area contributed by atoms with Gasteiger partial charge in [-0.2, -0.15) is 0 Å². The van der Waals surface area contributed by atoms with Crippen molar-refractivity contribution in [3.05, 3.63) is 28.2 Å². The Morgan fingerprint density at radius 2 is 1.91 bits per heavy atom. The first-order chi connectivity index (χ1) is 11.0. The number of halogens is 2. The lowest BCUT2D eigenvalue weighted by atomic mass is 10.1. The van der Waals surface area contributed by atoms with Gasteiger partial charge in [-0.05, 0) is 31.0 Å². The van der Waals surface area contributed by atoms with E-state index in [9.17, 15) is 9.59 Å². The zero-order chi connectivity index (χ0) is 17.0. The van der Waals surface area contributed by atoms with Crippen LogP contribution in [0.5, 0.6) is 0 Å². The summed E-state index contributed by atoms with van der Waals surface area (Å²) in [5, 5.41) is 0.952. The molecule has 0 spiro atoms. The summed E-state index contributed by atoms with van der Waals surface area (Å²) in [4.78, 5) is 28.5.